The molecule has 7 heteroatoms. The zero-order valence-electron chi connectivity index (χ0n) is 11.3. The Morgan fingerprint density at radius 1 is 1.48 bits per heavy atom. The summed E-state index contributed by atoms with van der Waals surface area (Å²) in [6.07, 6.45) is 0.448. The molecule has 0 radical (unpaired) electrons. The number of piperidine rings is 1. The fourth-order valence-electron chi connectivity index (χ4n) is 2.41. The fourth-order valence-corrected chi connectivity index (χ4v) is 2.64. The van der Waals surface area contributed by atoms with Gasteiger partial charge < -0.3 is 15.7 Å². The van der Waals surface area contributed by atoms with Gasteiger partial charge in [-0.1, -0.05) is 17.7 Å². The van der Waals surface area contributed by atoms with Crippen molar-refractivity contribution in [1.29, 1.82) is 0 Å². The molecule has 1 unspecified atom stereocenters. The largest absolute Gasteiger partial charge is 0.378 e. The summed E-state index contributed by atoms with van der Waals surface area (Å²) in [6, 6.07) is 4.19. The van der Waals surface area contributed by atoms with E-state index in [1.54, 1.807) is 0 Å². The number of hydrogen-bond acceptors (Lipinski definition) is 3. The Balaban J connectivity index is 2.12. The van der Waals surface area contributed by atoms with Crippen LogP contribution in [-0.2, 0) is 16.0 Å². The van der Waals surface area contributed by atoms with Gasteiger partial charge in [0.05, 0.1) is 13.0 Å². The Morgan fingerprint density at radius 2 is 2.19 bits per heavy atom. The lowest BCUT2D eigenvalue weighted by atomic mass is 9.92. The number of benzene rings is 1. The number of carbonyl (C=O) groups is 2. The van der Waals surface area contributed by atoms with Gasteiger partial charge in [-0.3, -0.25) is 9.59 Å². The van der Waals surface area contributed by atoms with Gasteiger partial charge in [0.2, 0.25) is 5.91 Å². The van der Waals surface area contributed by atoms with Crippen LogP contribution < -0.4 is 5.73 Å². The minimum Gasteiger partial charge on any atom is -0.378 e. The molecule has 1 aliphatic rings. The van der Waals surface area contributed by atoms with Gasteiger partial charge in [-0.2, -0.15) is 0 Å². The summed E-state index contributed by atoms with van der Waals surface area (Å²) in [4.78, 5) is 24.8. The second-order valence-electron chi connectivity index (χ2n) is 5.19. The van der Waals surface area contributed by atoms with Crippen molar-refractivity contribution in [2.45, 2.75) is 24.9 Å². The molecule has 0 aliphatic carbocycles. The lowest BCUT2D eigenvalue weighted by Crippen LogP contribution is -2.57. The molecule has 5 nitrogen and oxygen atoms in total. The van der Waals surface area contributed by atoms with E-state index in [2.05, 4.69) is 0 Å². The zero-order chi connectivity index (χ0) is 15.6. The number of likely N-dealkylation sites (tertiary alicyclic amines) is 1. The standard InChI is InChI=1S/C14H16ClFN2O3/c15-10-3-1-4-11(16)9(10)7-12(19)18-6-2-5-14(21,8-18)13(17)20/h1,3-4,21H,2,5-8H2,(H2,17,20). The third-order valence-corrected chi connectivity index (χ3v) is 4.03. The predicted octanol–water partition coefficient (Wildman–Crippen LogP) is 0.860. The molecule has 0 aromatic heterocycles. The van der Waals surface area contributed by atoms with Crippen LogP contribution in [0.1, 0.15) is 18.4 Å². The second kappa shape index (κ2) is 5.99. The van der Waals surface area contributed by atoms with E-state index in [9.17, 15) is 19.1 Å². The van der Waals surface area contributed by atoms with E-state index in [1.807, 2.05) is 0 Å². The smallest absolute Gasteiger partial charge is 0.251 e. The Kier molecular flexibility index (Phi) is 4.49. The lowest BCUT2D eigenvalue weighted by Gasteiger charge is -2.37. The highest BCUT2D eigenvalue weighted by Gasteiger charge is 2.40. The van der Waals surface area contributed by atoms with Crippen LogP contribution in [-0.4, -0.2) is 40.5 Å². The molecule has 0 spiro atoms. The van der Waals surface area contributed by atoms with Gasteiger partial charge in [-0.05, 0) is 25.0 Å². The second-order valence-corrected chi connectivity index (χ2v) is 5.60. The first-order valence-electron chi connectivity index (χ1n) is 6.56. The molecule has 1 atom stereocenters. The molecule has 2 rings (SSSR count). The van der Waals surface area contributed by atoms with Crippen LogP contribution in [0.4, 0.5) is 4.39 Å². The summed E-state index contributed by atoms with van der Waals surface area (Å²) in [7, 11) is 0. The lowest BCUT2D eigenvalue weighted by molar-refractivity contribution is -0.148. The summed E-state index contributed by atoms with van der Waals surface area (Å²) in [6.45, 7) is 0.216. The molecule has 3 N–H and O–H groups in total. The highest BCUT2D eigenvalue weighted by Crippen LogP contribution is 2.24. The van der Waals surface area contributed by atoms with E-state index in [0.29, 0.717) is 13.0 Å². The molecule has 2 amide bonds. The Morgan fingerprint density at radius 3 is 2.81 bits per heavy atom. The first-order chi connectivity index (χ1) is 9.83. The molecule has 0 bridgehead atoms. The number of aliphatic hydroxyl groups is 1. The molecule has 1 saturated heterocycles. The maximum Gasteiger partial charge on any atom is 0.251 e. The summed E-state index contributed by atoms with van der Waals surface area (Å²) in [5.41, 5.74) is 3.55. The number of primary amides is 1. The summed E-state index contributed by atoms with van der Waals surface area (Å²) in [5, 5.41) is 10.2. The van der Waals surface area contributed by atoms with Crippen molar-refractivity contribution in [3.8, 4) is 0 Å². The third-order valence-electron chi connectivity index (χ3n) is 3.67. The quantitative estimate of drug-likeness (QED) is 0.868. The average Bonchev–Trinajstić information content (AvgIpc) is 2.43. The van der Waals surface area contributed by atoms with E-state index in [0.717, 1.165) is 0 Å². The third kappa shape index (κ3) is 3.33. The van der Waals surface area contributed by atoms with Gasteiger partial charge in [-0.15, -0.1) is 0 Å². The topological polar surface area (TPSA) is 83.6 Å². The number of hydrogen-bond donors (Lipinski definition) is 2. The van der Waals surface area contributed by atoms with Gasteiger partial charge in [0.15, 0.2) is 5.60 Å². The van der Waals surface area contributed by atoms with Crippen LogP contribution in [0.2, 0.25) is 5.02 Å². The van der Waals surface area contributed by atoms with Crippen molar-refractivity contribution in [2.24, 2.45) is 5.73 Å². The van der Waals surface area contributed by atoms with Crippen LogP contribution >= 0.6 is 11.6 Å². The monoisotopic (exact) mass is 314 g/mol. The van der Waals surface area contributed by atoms with Crippen molar-refractivity contribution in [1.82, 2.24) is 4.90 Å². The first-order valence-corrected chi connectivity index (χ1v) is 6.94. The number of carbonyl (C=O) groups excluding carboxylic acids is 2. The number of halogens is 2. The molecular formula is C14H16ClFN2O3. The van der Waals surface area contributed by atoms with E-state index >= 15 is 0 Å². The highest BCUT2D eigenvalue weighted by molar-refractivity contribution is 6.31. The zero-order valence-corrected chi connectivity index (χ0v) is 12.1. The number of nitrogens with two attached hydrogens (primary N) is 1. The predicted molar refractivity (Wildman–Crippen MR) is 75.1 cm³/mol. The van der Waals surface area contributed by atoms with Gasteiger partial charge in [0.25, 0.3) is 5.91 Å². The molecule has 0 saturated carbocycles. The van der Waals surface area contributed by atoms with Crippen LogP contribution in [0.25, 0.3) is 0 Å². The van der Waals surface area contributed by atoms with Gasteiger partial charge in [0, 0.05) is 17.1 Å². The Hall–Kier alpha value is -1.66. The minimum atomic E-state index is -1.72. The summed E-state index contributed by atoms with van der Waals surface area (Å²) >= 11 is 5.88. The van der Waals surface area contributed by atoms with E-state index < -0.39 is 23.2 Å². The van der Waals surface area contributed by atoms with Crippen LogP contribution in [0, 0.1) is 5.82 Å². The highest BCUT2D eigenvalue weighted by atomic mass is 35.5. The summed E-state index contributed by atoms with van der Waals surface area (Å²) < 4.78 is 13.7. The SMILES string of the molecule is NC(=O)C1(O)CCCN(C(=O)Cc2c(F)cccc2Cl)C1. The van der Waals surface area contributed by atoms with Gasteiger partial charge in [0.1, 0.15) is 5.82 Å². The molecular weight excluding hydrogens is 299 g/mol. The fraction of sp³-hybridized carbons (Fsp3) is 0.429. The van der Waals surface area contributed by atoms with Crippen molar-refractivity contribution < 1.29 is 19.1 Å². The summed E-state index contributed by atoms with van der Waals surface area (Å²) in [5.74, 6) is -1.82. The minimum absolute atomic E-state index is 0.109. The number of β-amino-alcohol motifs (C(OH)–C–C–N with tert-alkyl or cyclic N) is 1. The van der Waals surface area contributed by atoms with Crippen LogP contribution in [0.5, 0.6) is 0 Å². The maximum absolute atomic E-state index is 13.7. The average molecular weight is 315 g/mol. The molecule has 1 fully saturated rings. The number of nitrogens with zero attached hydrogens (tertiary/aromatic N) is 1. The van der Waals surface area contributed by atoms with Gasteiger partial charge in [-0.25, -0.2) is 4.39 Å². The number of rotatable bonds is 3. The number of amides is 2. The van der Waals surface area contributed by atoms with E-state index in [1.165, 1.54) is 23.1 Å². The normalized spacial score (nSPS) is 22.1. The molecule has 1 aromatic carbocycles. The Labute approximate surface area is 126 Å². The van der Waals surface area contributed by atoms with Gasteiger partial charge >= 0.3 is 0 Å². The molecule has 1 heterocycles. The molecule has 1 aromatic rings. The van der Waals surface area contributed by atoms with Crippen LogP contribution in [0.15, 0.2) is 18.2 Å². The van der Waals surface area contributed by atoms with E-state index in [4.69, 9.17) is 17.3 Å². The molecule has 114 valence electrons. The molecule has 21 heavy (non-hydrogen) atoms. The maximum atomic E-state index is 13.7. The molecule has 1 aliphatic heterocycles. The van der Waals surface area contributed by atoms with Crippen molar-refractivity contribution in [3.05, 3.63) is 34.6 Å². The van der Waals surface area contributed by atoms with Crippen LogP contribution in [0.3, 0.4) is 0 Å². The Bertz CT molecular complexity index is 561. The van der Waals surface area contributed by atoms with Crippen molar-refractivity contribution >= 4 is 23.4 Å². The first kappa shape index (κ1) is 15.7. The van der Waals surface area contributed by atoms with Crippen molar-refractivity contribution in [2.75, 3.05) is 13.1 Å². The van der Waals surface area contributed by atoms with Crippen molar-refractivity contribution in [3.63, 3.8) is 0 Å². The van der Waals surface area contributed by atoms with E-state index in [-0.39, 0.29) is 30.0 Å².